The molecule has 0 spiro atoms. The van der Waals surface area contributed by atoms with Crippen molar-refractivity contribution in [3.05, 3.63) is 46.8 Å². The molecule has 1 heterocycles. The van der Waals surface area contributed by atoms with Gasteiger partial charge in [0.15, 0.2) is 0 Å². The van der Waals surface area contributed by atoms with Crippen LogP contribution in [0.4, 0.5) is 18.9 Å². The van der Waals surface area contributed by atoms with Gasteiger partial charge in [0.1, 0.15) is 6.54 Å². The van der Waals surface area contributed by atoms with Crippen LogP contribution in [0.1, 0.15) is 33.7 Å². The van der Waals surface area contributed by atoms with Crippen LogP contribution in [0.25, 0.3) is 0 Å². The number of para-hydroxylation sites is 1. The summed E-state index contributed by atoms with van der Waals surface area (Å²) in [7, 11) is 1.82. The normalized spacial score (nSPS) is 11.3. The lowest BCUT2D eigenvalue weighted by atomic mass is 10.1. The molecule has 2 N–H and O–H groups in total. The van der Waals surface area contributed by atoms with Gasteiger partial charge in [-0.2, -0.15) is 18.3 Å². The zero-order valence-corrected chi connectivity index (χ0v) is 15.3. The minimum absolute atomic E-state index is 0.0242. The van der Waals surface area contributed by atoms with Crippen molar-refractivity contribution in [2.75, 3.05) is 11.9 Å². The maximum atomic E-state index is 12.3. The molecule has 146 valence electrons. The maximum absolute atomic E-state index is 12.3. The van der Waals surface area contributed by atoms with Crippen molar-refractivity contribution in [3.63, 3.8) is 0 Å². The van der Waals surface area contributed by atoms with Crippen LogP contribution in [0.5, 0.6) is 0 Å². The zero-order chi connectivity index (χ0) is 20.2. The summed E-state index contributed by atoms with van der Waals surface area (Å²) in [4.78, 5) is 24.2. The summed E-state index contributed by atoms with van der Waals surface area (Å²) in [5, 5.41) is 8.69. The number of aromatic nitrogens is 2. The number of alkyl halides is 3. The number of hydrogen-bond acceptors (Lipinski definition) is 3. The van der Waals surface area contributed by atoms with E-state index in [9.17, 15) is 22.8 Å². The molecule has 0 unspecified atom stereocenters. The Balaban J connectivity index is 2.02. The SMILES string of the molecule is Cc1nn(C)c(C)c1CCC(=O)Nc1ccccc1C(=O)NCC(F)(F)F. The van der Waals surface area contributed by atoms with Crippen molar-refractivity contribution >= 4 is 17.5 Å². The van der Waals surface area contributed by atoms with Crippen LogP contribution in [0.3, 0.4) is 0 Å². The van der Waals surface area contributed by atoms with Gasteiger partial charge in [0, 0.05) is 19.2 Å². The van der Waals surface area contributed by atoms with Gasteiger partial charge in [0.05, 0.1) is 16.9 Å². The molecule has 2 aromatic rings. The summed E-state index contributed by atoms with van der Waals surface area (Å²) in [5.74, 6) is -1.24. The molecule has 2 amide bonds. The summed E-state index contributed by atoms with van der Waals surface area (Å²) >= 11 is 0. The highest BCUT2D eigenvalue weighted by atomic mass is 19.4. The molecule has 0 bridgehead atoms. The van der Waals surface area contributed by atoms with Gasteiger partial charge in [0.2, 0.25) is 5.91 Å². The minimum Gasteiger partial charge on any atom is -0.343 e. The van der Waals surface area contributed by atoms with Gasteiger partial charge in [-0.3, -0.25) is 14.3 Å². The first-order valence-corrected chi connectivity index (χ1v) is 8.31. The molecule has 0 saturated heterocycles. The zero-order valence-electron chi connectivity index (χ0n) is 15.3. The van der Waals surface area contributed by atoms with Crippen LogP contribution in [0.15, 0.2) is 24.3 Å². The van der Waals surface area contributed by atoms with E-state index in [4.69, 9.17) is 0 Å². The van der Waals surface area contributed by atoms with Crippen LogP contribution >= 0.6 is 0 Å². The average molecular weight is 382 g/mol. The van der Waals surface area contributed by atoms with E-state index in [1.165, 1.54) is 18.2 Å². The second-order valence-corrected chi connectivity index (χ2v) is 6.16. The fourth-order valence-corrected chi connectivity index (χ4v) is 2.70. The topological polar surface area (TPSA) is 76.0 Å². The van der Waals surface area contributed by atoms with Gasteiger partial charge in [-0.05, 0) is 38.0 Å². The minimum atomic E-state index is -4.51. The Hall–Kier alpha value is -2.84. The van der Waals surface area contributed by atoms with E-state index in [1.807, 2.05) is 20.9 Å². The highest BCUT2D eigenvalue weighted by Crippen LogP contribution is 2.18. The number of carbonyl (C=O) groups is 2. The van der Waals surface area contributed by atoms with Crippen molar-refractivity contribution in [1.29, 1.82) is 0 Å². The predicted molar refractivity (Wildman–Crippen MR) is 94.5 cm³/mol. The standard InChI is InChI=1S/C18H21F3N4O2/c1-11-13(12(2)25(3)24-11)8-9-16(26)23-15-7-5-4-6-14(15)17(27)22-10-18(19,20)21/h4-7H,8-10H2,1-3H3,(H,22,27)(H,23,26). The third-order valence-electron chi connectivity index (χ3n) is 4.16. The first-order valence-electron chi connectivity index (χ1n) is 8.31. The molecule has 0 aliphatic carbocycles. The Morgan fingerprint density at radius 2 is 1.85 bits per heavy atom. The number of nitrogens with zero attached hydrogens (tertiary/aromatic N) is 2. The summed E-state index contributed by atoms with van der Waals surface area (Å²) in [6.45, 7) is 2.34. The van der Waals surface area contributed by atoms with Crippen LogP contribution in [-0.4, -0.2) is 34.3 Å². The van der Waals surface area contributed by atoms with E-state index in [0.717, 1.165) is 17.0 Å². The predicted octanol–water partition coefficient (Wildman–Crippen LogP) is 2.90. The largest absolute Gasteiger partial charge is 0.405 e. The number of amides is 2. The number of carbonyl (C=O) groups excluding carboxylic acids is 2. The second-order valence-electron chi connectivity index (χ2n) is 6.16. The number of rotatable bonds is 6. The lowest BCUT2D eigenvalue weighted by Gasteiger charge is -2.12. The van der Waals surface area contributed by atoms with Crippen molar-refractivity contribution in [2.24, 2.45) is 7.05 Å². The van der Waals surface area contributed by atoms with Crippen LogP contribution in [0.2, 0.25) is 0 Å². The molecule has 0 aliphatic heterocycles. The number of halogens is 3. The van der Waals surface area contributed by atoms with E-state index in [2.05, 4.69) is 10.4 Å². The maximum Gasteiger partial charge on any atom is 0.405 e. The van der Waals surface area contributed by atoms with Crippen molar-refractivity contribution in [2.45, 2.75) is 32.9 Å². The molecular weight excluding hydrogens is 361 g/mol. The third kappa shape index (κ3) is 5.57. The Morgan fingerprint density at radius 3 is 2.44 bits per heavy atom. The molecule has 0 atom stereocenters. The summed E-state index contributed by atoms with van der Waals surface area (Å²) in [6, 6.07) is 5.93. The molecule has 1 aromatic carbocycles. The Bertz CT molecular complexity index is 844. The first kappa shape index (κ1) is 20.5. The molecule has 1 aromatic heterocycles. The molecular formula is C18H21F3N4O2. The summed E-state index contributed by atoms with van der Waals surface area (Å²) in [6.07, 6.45) is -3.88. The van der Waals surface area contributed by atoms with Gasteiger partial charge >= 0.3 is 6.18 Å². The van der Waals surface area contributed by atoms with Crippen molar-refractivity contribution in [1.82, 2.24) is 15.1 Å². The summed E-state index contributed by atoms with van der Waals surface area (Å²) < 4.78 is 38.6. The fraction of sp³-hybridized carbons (Fsp3) is 0.389. The van der Waals surface area contributed by atoms with E-state index >= 15 is 0 Å². The van der Waals surface area contributed by atoms with Crippen LogP contribution in [-0.2, 0) is 18.3 Å². The second kappa shape index (κ2) is 8.24. The van der Waals surface area contributed by atoms with Gasteiger partial charge in [-0.25, -0.2) is 0 Å². The molecule has 2 rings (SSSR count). The number of aryl methyl sites for hydroxylation is 2. The molecule has 27 heavy (non-hydrogen) atoms. The van der Waals surface area contributed by atoms with E-state index in [-0.39, 0.29) is 23.6 Å². The number of hydrogen-bond donors (Lipinski definition) is 2. The Kier molecular flexibility index (Phi) is 6.24. The van der Waals surface area contributed by atoms with Crippen molar-refractivity contribution in [3.8, 4) is 0 Å². The molecule has 0 radical (unpaired) electrons. The van der Waals surface area contributed by atoms with Gasteiger partial charge in [-0.15, -0.1) is 0 Å². The van der Waals surface area contributed by atoms with E-state index in [0.29, 0.717) is 6.42 Å². The van der Waals surface area contributed by atoms with Crippen LogP contribution in [0, 0.1) is 13.8 Å². The van der Waals surface area contributed by atoms with Gasteiger partial charge < -0.3 is 10.6 Å². The van der Waals surface area contributed by atoms with E-state index < -0.39 is 18.6 Å². The van der Waals surface area contributed by atoms with Gasteiger partial charge in [0.25, 0.3) is 5.91 Å². The van der Waals surface area contributed by atoms with Gasteiger partial charge in [-0.1, -0.05) is 12.1 Å². The smallest absolute Gasteiger partial charge is 0.343 e. The molecule has 0 fully saturated rings. The number of anilines is 1. The lowest BCUT2D eigenvalue weighted by Crippen LogP contribution is -2.34. The first-order chi connectivity index (χ1) is 12.6. The Labute approximate surface area is 154 Å². The number of benzene rings is 1. The molecule has 0 aliphatic rings. The van der Waals surface area contributed by atoms with E-state index in [1.54, 1.807) is 16.1 Å². The highest BCUT2D eigenvalue weighted by Gasteiger charge is 2.28. The number of nitrogens with one attached hydrogen (secondary N) is 2. The summed E-state index contributed by atoms with van der Waals surface area (Å²) in [5.41, 5.74) is 2.93. The molecule has 9 heteroatoms. The highest BCUT2D eigenvalue weighted by molar-refractivity contribution is 6.03. The van der Waals surface area contributed by atoms with Crippen molar-refractivity contribution < 1.29 is 22.8 Å². The Morgan fingerprint density at radius 1 is 1.19 bits per heavy atom. The average Bonchev–Trinajstić information content (AvgIpc) is 2.83. The third-order valence-corrected chi connectivity index (χ3v) is 4.16. The lowest BCUT2D eigenvalue weighted by molar-refractivity contribution is -0.123. The monoisotopic (exact) mass is 382 g/mol. The quantitative estimate of drug-likeness (QED) is 0.807. The fourth-order valence-electron chi connectivity index (χ4n) is 2.70. The molecule has 0 saturated carbocycles. The molecule has 6 nitrogen and oxygen atoms in total. The van der Waals surface area contributed by atoms with Crippen LogP contribution < -0.4 is 10.6 Å².